The van der Waals surface area contributed by atoms with E-state index < -0.39 is 5.54 Å². The highest BCUT2D eigenvalue weighted by molar-refractivity contribution is 5.88. The average Bonchev–Trinajstić information content (AvgIpc) is 2.72. The largest absolute Gasteiger partial charge is 0.394 e. The summed E-state index contributed by atoms with van der Waals surface area (Å²) in [5, 5.41) is 19.4. The van der Waals surface area contributed by atoms with Crippen LogP contribution in [0.2, 0.25) is 0 Å². The lowest BCUT2D eigenvalue weighted by atomic mass is 9.64. The molecule has 7 nitrogen and oxygen atoms in total. The van der Waals surface area contributed by atoms with Gasteiger partial charge in [-0.3, -0.25) is 5.32 Å². The molecule has 2 rings (SSSR count). The second kappa shape index (κ2) is 5.63. The topological polar surface area (TPSA) is 92.1 Å². The minimum absolute atomic E-state index is 0.0625. The maximum Gasteiger partial charge on any atom is 0.322 e. The minimum Gasteiger partial charge on any atom is -0.394 e. The summed E-state index contributed by atoms with van der Waals surface area (Å²) in [6, 6.07) is -0.356. The van der Waals surface area contributed by atoms with E-state index in [1.807, 2.05) is 0 Å². The molecule has 1 aromatic heterocycles. The Bertz CT molecular complexity index is 513. The molecule has 118 valence electrons. The standard InChI is InChI=1S/C14H25N5O2/c1-10-5-13(2,3)7-14(6-10,8-20)18-12(21)17-11-15-9-16-19(11)4/h9-10,20H,5-8H2,1-4H3,(H2,15,16,17,18,21). The number of amides is 2. The van der Waals surface area contributed by atoms with Gasteiger partial charge in [0.05, 0.1) is 12.1 Å². The molecule has 1 saturated carbocycles. The van der Waals surface area contributed by atoms with Crippen molar-refractivity contribution in [2.75, 3.05) is 11.9 Å². The molecule has 0 aliphatic heterocycles. The quantitative estimate of drug-likeness (QED) is 0.788. The molecule has 0 bridgehead atoms. The number of aryl methyl sites for hydroxylation is 1. The smallest absolute Gasteiger partial charge is 0.322 e. The van der Waals surface area contributed by atoms with E-state index in [0.29, 0.717) is 11.9 Å². The minimum atomic E-state index is -0.580. The number of urea groups is 1. The van der Waals surface area contributed by atoms with Gasteiger partial charge in [-0.25, -0.2) is 9.48 Å². The number of aliphatic hydroxyl groups is 1. The van der Waals surface area contributed by atoms with Crippen LogP contribution in [0.5, 0.6) is 0 Å². The van der Waals surface area contributed by atoms with Gasteiger partial charge in [-0.05, 0) is 30.6 Å². The highest BCUT2D eigenvalue weighted by atomic mass is 16.3. The molecule has 2 atom stereocenters. The van der Waals surface area contributed by atoms with Gasteiger partial charge in [0.1, 0.15) is 6.33 Å². The number of aliphatic hydroxyl groups excluding tert-OH is 1. The Morgan fingerprint density at radius 1 is 1.52 bits per heavy atom. The molecule has 0 aromatic carbocycles. The van der Waals surface area contributed by atoms with Crippen molar-refractivity contribution in [3.05, 3.63) is 6.33 Å². The van der Waals surface area contributed by atoms with Crippen molar-refractivity contribution in [2.24, 2.45) is 18.4 Å². The molecule has 3 N–H and O–H groups in total. The first-order chi connectivity index (χ1) is 9.75. The first-order valence-corrected chi connectivity index (χ1v) is 7.29. The number of rotatable bonds is 3. The van der Waals surface area contributed by atoms with Crippen LogP contribution in [-0.4, -0.2) is 38.0 Å². The van der Waals surface area contributed by atoms with Gasteiger partial charge in [0.15, 0.2) is 0 Å². The van der Waals surface area contributed by atoms with Crippen molar-refractivity contribution in [3.63, 3.8) is 0 Å². The summed E-state index contributed by atoms with van der Waals surface area (Å²) in [7, 11) is 1.70. The summed E-state index contributed by atoms with van der Waals surface area (Å²) < 4.78 is 1.48. The maximum absolute atomic E-state index is 12.2. The Hall–Kier alpha value is -1.63. The number of nitrogens with zero attached hydrogens (tertiary/aromatic N) is 3. The average molecular weight is 295 g/mol. The molecule has 1 aliphatic rings. The highest BCUT2D eigenvalue weighted by Crippen LogP contribution is 2.43. The first-order valence-electron chi connectivity index (χ1n) is 7.29. The molecule has 2 amide bonds. The molecule has 1 aliphatic carbocycles. The van der Waals surface area contributed by atoms with E-state index in [9.17, 15) is 9.90 Å². The normalized spacial score (nSPS) is 28.1. The summed E-state index contributed by atoms with van der Waals surface area (Å²) in [6.45, 7) is 6.45. The predicted molar refractivity (Wildman–Crippen MR) is 79.8 cm³/mol. The van der Waals surface area contributed by atoms with Crippen LogP contribution in [0.1, 0.15) is 40.0 Å². The van der Waals surface area contributed by atoms with Gasteiger partial charge >= 0.3 is 6.03 Å². The molecule has 0 spiro atoms. The zero-order valence-electron chi connectivity index (χ0n) is 13.2. The lowest BCUT2D eigenvalue weighted by molar-refractivity contribution is 0.0445. The SMILES string of the molecule is CC1CC(C)(C)CC(CO)(NC(=O)Nc2ncnn2C)C1. The van der Waals surface area contributed by atoms with Crippen LogP contribution in [0.25, 0.3) is 0 Å². The van der Waals surface area contributed by atoms with Crippen LogP contribution < -0.4 is 10.6 Å². The van der Waals surface area contributed by atoms with Crippen molar-refractivity contribution >= 4 is 12.0 Å². The molecule has 2 unspecified atom stereocenters. The van der Waals surface area contributed by atoms with Crippen LogP contribution in [-0.2, 0) is 7.05 Å². The fraction of sp³-hybridized carbons (Fsp3) is 0.786. The third kappa shape index (κ3) is 3.72. The fourth-order valence-corrected chi connectivity index (χ4v) is 3.78. The van der Waals surface area contributed by atoms with Gasteiger partial charge < -0.3 is 10.4 Å². The van der Waals surface area contributed by atoms with Crippen molar-refractivity contribution in [1.29, 1.82) is 0 Å². The van der Waals surface area contributed by atoms with Gasteiger partial charge in [0.2, 0.25) is 5.95 Å². The Balaban J connectivity index is 2.07. The van der Waals surface area contributed by atoms with E-state index in [2.05, 4.69) is 41.5 Å². The number of aromatic nitrogens is 3. The van der Waals surface area contributed by atoms with Gasteiger partial charge in [-0.2, -0.15) is 10.1 Å². The van der Waals surface area contributed by atoms with E-state index in [0.717, 1.165) is 19.3 Å². The summed E-state index contributed by atoms with van der Waals surface area (Å²) in [5.41, 5.74) is -0.484. The first kappa shape index (κ1) is 15.8. The Kier molecular flexibility index (Phi) is 4.22. The third-order valence-corrected chi connectivity index (χ3v) is 4.08. The van der Waals surface area contributed by atoms with Crippen molar-refractivity contribution in [2.45, 2.75) is 45.6 Å². The van der Waals surface area contributed by atoms with Gasteiger partial charge in [0.25, 0.3) is 0 Å². The van der Waals surface area contributed by atoms with Crippen molar-refractivity contribution in [3.8, 4) is 0 Å². The fourth-order valence-electron chi connectivity index (χ4n) is 3.78. The summed E-state index contributed by atoms with van der Waals surface area (Å²) in [6.07, 6.45) is 4.01. The Labute approximate surface area is 125 Å². The van der Waals surface area contributed by atoms with E-state index >= 15 is 0 Å². The lowest BCUT2D eigenvalue weighted by Gasteiger charge is -2.47. The number of hydrogen-bond donors (Lipinski definition) is 3. The molecule has 1 fully saturated rings. The van der Waals surface area contributed by atoms with Crippen molar-refractivity contribution < 1.29 is 9.90 Å². The molecular formula is C14H25N5O2. The lowest BCUT2D eigenvalue weighted by Crippen LogP contribution is -2.58. The van der Waals surface area contributed by atoms with Crippen LogP contribution in [0.4, 0.5) is 10.7 Å². The third-order valence-electron chi connectivity index (χ3n) is 4.08. The molecule has 1 heterocycles. The Morgan fingerprint density at radius 2 is 2.24 bits per heavy atom. The summed E-state index contributed by atoms with van der Waals surface area (Å²) in [4.78, 5) is 16.2. The Morgan fingerprint density at radius 3 is 2.76 bits per heavy atom. The summed E-state index contributed by atoms with van der Waals surface area (Å²) in [5.74, 6) is 0.833. The van der Waals surface area contributed by atoms with Gasteiger partial charge in [0, 0.05) is 7.05 Å². The molecule has 1 aromatic rings. The number of carbonyl (C=O) groups excluding carboxylic acids is 1. The van der Waals surface area contributed by atoms with Crippen LogP contribution >= 0.6 is 0 Å². The number of nitrogens with one attached hydrogen (secondary N) is 2. The van der Waals surface area contributed by atoms with E-state index in [1.54, 1.807) is 7.05 Å². The number of anilines is 1. The molecule has 0 radical (unpaired) electrons. The maximum atomic E-state index is 12.2. The van der Waals surface area contributed by atoms with Crippen molar-refractivity contribution in [1.82, 2.24) is 20.1 Å². The van der Waals surface area contributed by atoms with E-state index in [-0.39, 0.29) is 18.1 Å². The van der Waals surface area contributed by atoms with Gasteiger partial charge in [-0.15, -0.1) is 0 Å². The number of hydrogen-bond acceptors (Lipinski definition) is 4. The van der Waals surface area contributed by atoms with Gasteiger partial charge in [-0.1, -0.05) is 20.8 Å². The zero-order valence-corrected chi connectivity index (χ0v) is 13.2. The van der Waals surface area contributed by atoms with Crippen LogP contribution in [0.3, 0.4) is 0 Å². The molecular weight excluding hydrogens is 270 g/mol. The van der Waals surface area contributed by atoms with Crippen LogP contribution in [0, 0.1) is 11.3 Å². The highest BCUT2D eigenvalue weighted by Gasteiger charge is 2.43. The molecule has 21 heavy (non-hydrogen) atoms. The number of carbonyl (C=O) groups is 1. The summed E-state index contributed by atoms with van der Waals surface area (Å²) >= 11 is 0. The van der Waals surface area contributed by atoms with E-state index in [1.165, 1.54) is 11.0 Å². The second-order valence-corrected chi connectivity index (χ2v) is 7.08. The second-order valence-electron chi connectivity index (χ2n) is 7.08. The molecule has 7 heteroatoms. The van der Waals surface area contributed by atoms with Crippen LogP contribution in [0.15, 0.2) is 6.33 Å². The zero-order chi connectivity index (χ0) is 15.7. The monoisotopic (exact) mass is 295 g/mol. The predicted octanol–water partition coefficient (Wildman–Crippen LogP) is 1.51. The van der Waals surface area contributed by atoms with E-state index in [4.69, 9.17) is 0 Å². The molecule has 0 saturated heterocycles.